The summed E-state index contributed by atoms with van der Waals surface area (Å²) in [5.74, 6) is -1.02. The number of nitrogens with zero attached hydrogens (tertiary/aromatic N) is 4. The van der Waals surface area contributed by atoms with Crippen LogP contribution < -0.4 is 4.74 Å². The number of carbonyl (C=O) groups excluding carboxylic acids is 2. The summed E-state index contributed by atoms with van der Waals surface area (Å²) >= 11 is 0. The average molecular weight is 477 g/mol. The predicted molar refractivity (Wildman–Crippen MR) is 124 cm³/mol. The second-order valence-electron chi connectivity index (χ2n) is 9.30. The van der Waals surface area contributed by atoms with E-state index in [0.717, 1.165) is 5.56 Å². The molecular weight excluding hydrogens is 451 g/mol. The third-order valence-electron chi connectivity index (χ3n) is 6.53. The first-order valence-corrected chi connectivity index (χ1v) is 11.5. The van der Waals surface area contributed by atoms with E-state index in [4.69, 9.17) is 9.47 Å². The molecule has 3 aromatic rings. The Labute approximate surface area is 202 Å². The van der Waals surface area contributed by atoms with Crippen LogP contribution in [0.25, 0.3) is 11.4 Å². The maximum Gasteiger partial charge on any atom is 0.344 e. The van der Waals surface area contributed by atoms with Crippen LogP contribution in [0.5, 0.6) is 5.88 Å². The van der Waals surface area contributed by atoms with Gasteiger partial charge in [-0.15, -0.1) is 0 Å². The minimum absolute atomic E-state index is 0.0702. The molecule has 8 nitrogen and oxygen atoms in total. The molecule has 1 amide bonds. The molecule has 5 rings (SSSR count). The molecule has 0 aliphatic carbocycles. The Hall–Kier alpha value is -3.88. The Morgan fingerprint density at radius 1 is 1.09 bits per heavy atom. The van der Waals surface area contributed by atoms with Crippen molar-refractivity contribution in [2.45, 2.75) is 51.4 Å². The first-order valence-electron chi connectivity index (χ1n) is 11.5. The molecule has 0 saturated carbocycles. The molecule has 180 valence electrons. The van der Waals surface area contributed by atoms with Crippen LogP contribution in [0.1, 0.15) is 59.9 Å². The second kappa shape index (κ2) is 8.72. The van der Waals surface area contributed by atoms with Gasteiger partial charge in [-0.05, 0) is 57.9 Å². The van der Waals surface area contributed by atoms with Crippen molar-refractivity contribution in [3.05, 3.63) is 71.4 Å². The zero-order chi connectivity index (χ0) is 24.7. The number of rotatable bonds is 4. The van der Waals surface area contributed by atoms with Crippen LogP contribution in [0.2, 0.25) is 0 Å². The van der Waals surface area contributed by atoms with Gasteiger partial charge < -0.3 is 14.4 Å². The highest BCUT2D eigenvalue weighted by Crippen LogP contribution is 2.40. The highest BCUT2D eigenvalue weighted by atomic mass is 19.1. The van der Waals surface area contributed by atoms with Gasteiger partial charge in [0, 0.05) is 30.2 Å². The fraction of sp³-hybridized carbons (Fsp3) is 0.346. The number of fused-ring (bicyclic) bond motifs is 1. The molecular formula is C26H25FN4O4. The average Bonchev–Trinajstić information content (AvgIpc) is 3.09. The number of aromatic nitrogens is 3. The minimum Gasteiger partial charge on any atom is -0.472 e. The Bertz CT molecular complexity index is 1300. The monoisotopic (exact) mass is 476 g/mol. The molecule has 35 heavy (non-hydrogen) atoms. The number of piperidine rings is 1. The van der Waals surface area contributed by atoms with Crippen molar-refractivity contribution in [3.8, 4) is 17.3 Å². The molecule has 1 fully saturated rings. The van der Waals surface area contributed by atoms with Crippen LogP contribution in [0.4, 0.5) is 4.39 Å². The van der Waals surface area contributed by atoms with E-state index in [-0.39, 0.29) is 41.3 Å². The summed E-state index contributed by atoms with van der Waals surface area (Å²) < 4.78 is 26.5. The van der Waals surface area contributed by atoms with Gasteiger partial charge in [0.2, 0.25) is 5.88 Å². The first kappa shape index (κ1) is 22.9. The molecule has 2 atom stereocenters. The molecule has 1 saturated heterocycles. The summed E-state index contributed by atoms with van der Waals surface area (Å²) in [5, 5.41) is 0. The Balaban J connectivity index is 1.42. The number of hydrogen-bond donors (Lipinski definition) is 0. The third kappa shape index (κ3) is 4.11. The lowest BCUT2D eigenvalue weighted by Crippen LogP contribution is -2.49. The van der Waals surface area contributed by atoms with Crippen LogP contribution >= 0.6 is 0 Å². The lowest BCUT2D eigenvalue weighted by molar-refractivity contribution is 0.00905. The molecule has 2 aliphatic rings. The van der Waals surface area contributed by atoms with E-state index >= 15 is 0 Å². The van der Waals surface area contributed by atoms with E-state index < -0.39 is 23.5 Å². The zero-order valence-corrected chi connectivity index (χ0v) is 19.7. The standard InChI is InChI=1S/C26H25FN4O4/c1-15-8-9-16(34-23-21-18(10-13-30-23)26(2,3)35-25(21)33)14-31(15)24(32)17-6-4-7-19(27)20(17)22-28-11-5-12-29-22/h4-7,10-13,15-16H,8-9,14H2,1-3H3/t15-,16-/m1/s1. The van der Waals surface area contributed by atoms with E-state index in [1.165, 1.54) is 24.5 Å². The molecule has 4 heterocycles. The zero-order valence-electron chi connectivity index (χ0n) is 19.7. The van der Waals surface area contributed by atoms with Gasteiger partial charge in [-0.3, -0.25) is 4.79 Å². The molecule has 0 radical (unpaired) electrons. The van der Waals surface area contributed by atoms with Crippen LogP contribution in [-0.4, -0.2) is 50.4 Å². The predicted octanol–water partition coefficient (Wildman–Crippen LogP) is 4.16. The van der Waals surface area contributed by atoms with Crippen molar-refractivity contribution in [1.29, 1.82) is 0 Å². The summed E-state index contributed by atoms with van der Waals surface area (Å²) in [4.78, 5) is 40.4. The third-order valence-corrected chi connectivity index (χ3v) is 6.53. The van der Waals surface area contributed by atoms with Crippen molar-refractivity contribution in [1.82, 2.24) is 19.9 Å². The normalized spacial score (nSPS) is 20.8. The van der Waals surface area contributed by atoms with Crippen LogP contribution in [-0.2, 0) is 10.3 Å². The Morgan fingerprint density at radius 2 is 1.86 bits per heavy atom. The lowest BCUT2D eigenvalue weighted by atomic mass is 9.97. The van der Waals surface area contributed by atoms with Crippen molar-refractivity contribution < 1.29 is 23.5 Å². The van der Waals surface area contributed by atoms with Crippen molar-refractivity contribution in [3.63, 3.8) is 0 Å². The minimum atomic E-state index is -0.760. The lowest BCUT2D eigenvalue weighted by Gasteiger charge is -2.38. The van der Waals surface area contributed by atoms with E-state index in [1.807, 2.05) is 20.8 Å². The molecule has 2 aliphatic heterocycles. The SMILES string of the molecule is C[C@@H]1CC[C@@H](Oc2nccc3c2C(=O)OC3(C)C)CN1C(=O)c1cccc(F)c1-c1ncccn1. The summed E-state index contributed by atoms with van der Waals surface area (Å²) in [7, 11) is 0. The van der Waals surface area contributed by atoms with E-state index in [9.17, 15) is 14.0 Å². The maximum absolute atomic E-state index is 14.8. The van der Waals surface area contributed by atoms with Gasteiger partial charge in [-0.1, -0.05) is 6.07 Å². The molecule has 2 aromatic heterocycles. The van der Waals surface area contributed by atoms with Gasteiger partial charge in [0.1, 0.15) is 23.1 Å². The smallest absolute Gasteiger partial charge is 0.344 e. The number of likely N-dealkylation sites (tertiary alicyclic amines) is 1. The van der Waals surface area contributed by atoms with E-state index in [1.54, 1.807) is 29.3 Å². The molecule has 0 unspecified atom stereocenters. The largest absolute Gasteiger partial charge is 0.472 e. The van der Waals surface area contributed by atoms with Gasteiger partial charge in [0.15, 0.2) is 5.82 Å². The van der Waals surface area contributed by atoms with Crippen LogP contribution in [0.15, 0.2) is 48.9 Å². The fourth-order valence-corrected chi connectivity index (χ4v) is 4.69. The Morgan fingerprint density at radius 3 is 2.63 bits per heavy atom. The van der Waals surface area contributed by atoms with Gasteiger partial charge >= 0.3 is 5.97 Å². The van der Waals surface area contributed by atoms with E-state index in [0.29, 0.717) is 18.4 Å². The molecule has 0 N–H and O–H groups in total. The second-order valence-corrected chi connectivity index (χ2v) is 9.30. The summed E-state index contributed by atoms with van der Waals surface area (Å²) in [5.41, 5.74) is 0.539. The number of amides is 1. The molecule has 9 heteroatoms. The van der Waals surface area contributed by atoms with E-state index in [2.05, 4.69) is 15.0 Å². The fourth-order valence-electron chi connectivity index (χ4n) is 4.69. The van der Waals surface area contributed by atoms with Gasteiger partial charge in [-0.25, -0.2) is 24.1 Å². The number of halogens is 1. The molecule has 1 aromatic carbocycles. The molecule has 0 spiro atoms. The van der Waals surface area contributed by atoms with Gasteiger partial charge in [0.05, 0.1) is 17.7 Å². The Kier molecular flexibility index (Phi) is 5.70. The van der Waals surface area contributed by atoms with Crippen molar-refractivity contribution in [2.75, 3.05) is 6.54 Å². The number of cyclic esters (lactones) is 1. The number of pyridine rings is 1. The topological polar surface area (TPSA) is 94.5 Å². The van der Waals surface area contributed by atoms with Gasteiger partial charge in [-0.2, -0.15) is 0 Å². The summed E-state index contributed by atoms with van der Waals surface area (Å²) in [6.45, 7) is 5.84. The number of carbonyl (C=O) groups is 2. The van der Waals surface area contributed by atoms with Gasteiger partial charge in [0.25, 0.3) is 5.91 Å². The first-order chi connectivity index (χ1) is 16.8. The number of hydrogen-bond acceptors (Lipinski definition) is 7. The van der Waals surface area contributed by atoms with Crippen LogP contribution in [0, 0.1) is 5.82 Å². The number of benzene rings is 1. The summed E-state index contributed by atoms with van der Waals surface area (Å²) in [6.07, 6.45) is 5.56. The highest BCUT2D eigenvalue weighted by Gasteiger charge is 2.41. The van der Waals surface area contributed by atoms with Crippen molar-refractivity contribution in [2.24, 2.45) is 0 Å². The summed E-state index contributed by atoms with van der Waals surface area (Å²) in [6, 6.07) is 7.67. The molecule has 0 bridgehead atoms. The highest BCUT2D eigenvalue weighted by molar-refractivity contribution is 6.00. The number of ether oxygens (including phenoxy) is 2. The van der Waals surface area contributed by atoms with Crippen molar-refractivity contribution >= 4 is 11.9 Å². The number of esters is 1. The van der Waals surface area contributed by atoms with Crippen LogP contribution in [0.3, 0.4) is 0 Å². The maximum atomic E-state index is 14.8. The quantitative estimate of drug-likeness (QED) is 0.522.